The Kier molecular flexibility index (Phi) is 8.45. The topological polar surface area (TPSA) is 114 Å². The zero-order valence-corrected chi connectivity index (χ0v) is 22.8. The van der Waals surface area contributed by atoms with Gasteiger partial charge in [0.2, 0.25) is 17.7 Å². The fourth-order valence-electron chi connectivity index (χ4n) is 5.06. The van der Waals surface area contributed by atoms with Crippen molar-refractivity contribution in [1.82, 2.24) is 20.3 Å². The second kappa shape index (κ2) is 12.3. The third kappa shape index (κ3) is 7.06. The van der Waals surface area contributed by atoms with E-state index >= 15 is 0 Å². The van der Waals surface area contributed by atoms with E-state index in [0.29, 0.717) is 48.9 Å². The molecule has 2 aromatic carbocycles. The summed E-state index contributed by atoms with van der Waals surface area (Å²) in [5.41, 5.74) is 2.62. The highest BCUT2D eigenvalue weighted by atomic mass is 16.5. The summed E-state index contributed by atoms with van der Waals surface area (Å²) in [6, 6.07) is 16.7. The molecule has 1 fully saturated rings. The van der Waals surface area contributed by atoms with Crippen LogP contribution in [0.1, 0.15) is 35.4 Å². The molecule has 5 rings (SSSR count). The third-order valence-corrected chi connectivity index (χ3v) is 7.18. The number of aromatic nitrogens is 1. The number of fused-ring (bicyclic) bond motifs is 5. The molecule has 0 unspecified atom stereocenters. The summed E-state index contributed by atoms with van der Waals surface area (Å²) in [5.74, 6) is 1.34. The fraction of sp³-hybridized carbons (Fsp3) is 0.400. The molecule has 0 spiro atoms. The Hall–Kier alpha value is -4.18. The molecule has 4 bridgehead atoms. The van der Waals surface area contributed by atoms with Crippen LogP contribution in [0.15, 0.2) is 59.1 Å². The van der Waals surface area contributed by atoms with Gasteiger partial charge in [-0.3, -0.25) is 14.4 Å². The van der Waals surface area contributed by atoms with E-state index < -0.39 is 6.04 Å². The van der Waals surface area contributed by atoms with Crippen LogP contribution in [-0.4, -0.2) is 71.5 Å². The monoisotopic (exact) mass is 546 g/mol. The van der Waals surface area contributed by atoms with Gasteiger partial charge < -0.3 is 29.1 Å². The van der Waals surface area contributed by atoms with Crippen molar-refractivity contribution < 1.29 is 28.4 Å². The van der Waals surface area contributed by atoms with E-state index in [1.807, 2.05) is 48.5 Å². The molecule has 10 heteroatoms. The lowest BCUT2D eigenvalue weighted by Gasteiger charge is -2.39. The summed E-state index contributed by atoms with van der Waals surface area (Å²) in [6.45, 7) is 2.81. The van der Waals surface area contributed by atoms with Crippen LogP contribution in [0, 0.1) is 6.92 Å². The largest absolute Gasteiger partial charge is 0.457 e. The number of likely N-dealkylation sites (tertiary alicyclic amines) is 1. The van der Waals surface area contributed by atoms with Gasteiger partial charge in [-0.15, -0.1) is 0 Å². The molecule has 0 radical (unpaired) electrons. The fourth-order valence-corrected chi connectivity index (χ4v) is 5.06. The van der Waals surface area contributed by atoms with Crippen LogP contribution >= 0.6 is 0 Å². The van der Waals surface area contributed by atoms with Gasteiger partial charge in [0.1, 0.15) is 17.3 Å². The van der Waals surface area contributed by atoms with Crippen LogP contribution in [0.25, 0.3) is 0 Å². The van der Waals surface area contributed by atoms with E-state index in [0.717, 1.165) is 11.1 Å². The lowest BCUT2D eigenvalue weighted by molar-refractivity contribution is -0.138. The van der Waals surface area contributed by atoms with Gasteiger partial charge in [0, 0.05) is 32.6 Å². The molecule has 2 aliphatic heterocycles. The van der Waals surface area contributed by atoms with Gasteiger partial charge in [0.05, 0.1) is 37.4 Å². The number of likely N-dealkylation sites (N-methyl/N-ethyl adjacent to an activating group) is 1. The van der Waals surface area contributed by atoms with Gasteiger partial charge in [-0.1, -0.05) is 29.4 Å². The van der Waals surface area contributed by atoms with Crippen LogP contribution in [0.3, 0.4) is 0 Å². The number of nitrogens with one attached hydrogen (secondary N) is 1. The molecule has 10 nitrogen and oxygen atoms in total. The van der Waals surface area contributed by atoms with E-state index in [9.17, 15) is 14.4 Å². The van der Waals surface area contributed by atoms with Crippen molar-refractivity contribution in [3.8, 4) is 11.5 Å². The summed E-state index contributed by atoms with van der Waals surface area (Å²) in [5, 5.41) is 6.88. The number of rotatable bonds is 2. The summed E-state index contributed by atoms with van der Waals surface area (Å²) in [6.07, 6.45) is 1.12. The number of aryl methyl sites for hydroxylation is 2. The zero-order valence-electron chi connectivity index (χ0n) is 22.8. The van der Waals surface area contributed by atoms with Crippen LogP contribution in [0.2, 0.25) is 0 Å². The van der Waals surface area contributed by atoms with Crippen molar-refractivity contribution in [2.24, 2.45) is 0 Å². The van der Waals surface area contributed by atoms with Crippen molar-refractivity contribution in [3.05, 3.63) is 77.2 Å². The first kappa shape index (κ1) is 27.4. The number of hydrogen-bond donors (Lipinski definition) is 1. The molecular weight excluding hydrogens is 512 g/mol. The number of amides is 3. The molecular formula is C30H34N4O6. The lowest BCUT2D eigenvalue weighted by atomic mass is 10.0. The molecule has 3 heterocycles. The Morgan fingerprint density at radius 2 is 1.80 bits per heavy atom. The van der Waals surface area contributed by atoms with E-state index in [1.165, 1.54) is 4.90 Å². The lowest BCUT2D eigenvalue weighted by Crippen LogP contribution is -2.58. The maximum absolute atomic E-state index is 13.0. The number of piperidine rings is 1. The number of benzene rings is 2. The molecule has 2 atom stereocenters. The molecule has 210 valence electrons. The second-order valence-electron chi connectivity index (χ2n) is 10.4. The Bertz CT molecular complexity index is 1370. The van der Waals surface area contributed by atoms with Gasteiger partial charge in [-0.2, -0.15) is 0 Å². The maximum Gasteiger partial charge on any atom is 0.239 e. The van der Waals surface area contributed by atoms with Crippen LogP contribution < -0.4 is 10.1 Å². The van der Waals surface area contributed by atoms with Gasteiger partial charge in [-0.05, 0) is 55.2 Å². The molecule has 0 aliphatic carbocycles. The van der Waals surface area contributed by atoms with Crippen LogP contribution in [0.4, 0.5) is 0 Å². The first-order chi connectivity index (χ1) is 19.3. The Morgan fingerprint density at radius 3 is 2.55 bits per heavy atom. The predicted octanol–water partition coefficient (Wildman–Crippen LogP) is 3.02. The highest BCUT2D eigenvalue weighted by Crippen LogP contribution is 2.25. The summed E-state index contributed by atoms with van der Waals surface area (Å²) >= 11 is 0. The molecule has 2 aliphatic rings. The van der Waals surface area contributed by atoms with Crippen molar-refractivity contribution in [2.45, 2.75) is 51.4 Å². The zero-order chi connectivity index (χ0) is 28.1. The Balaban J connectivity index is 1.34. The highest BCUT2D eigenvalue weighted by molar-refractivity contribution is 5.85. The SMILES string of the molecule is Cc1cc(CC(=O)N2CC[C@H]3OCc4cccc(c4)Oc4cccc(c4)CCC(=O)N(C)CC(=O)N[C@H]3C2)on1. The first-order valence-corrected chi connectivity index (χ1v) is 13.5. The molecule has 3 amide bonds. The minimum Gasteiger partial charge on any atom is -0.457 e. The van der Waals surface area contributed by atoms with Gasteiger partial charge in [0.15, 0.2) is 0 Å². The summed E-state index contributed by atoms with van der Waals surface area (Å²) in [4.78, 5) is 42.0. The highest BCUT2D eigenvalue weighted by Gasteiger charge is 2.34. The minimum atomic E-state index is -0.441. The van der Waals surface area contributed by atoms with Crippen LogP contribution in [-0.2, 0) is 38.6 Å². The quantitative estimate of drug-likeness (QED) is 0.526. The number of carbonyl (C=O) groups excluding carboxylic acids is 3. The van der Waals surface area contributed by atoms with Crippen LogP contribution in [0.5, 0.6) is 11.5 Å². The van der Waals surface area contributed by atoms with Crippen molar-refractivity contribution in [1.29, 1.82) is 0 Å². The number of carbonyl (C=O) groups is 3. The average Bonchev–Trinajstić information content (AvgIpc) is 3.35. The Labute approximate surface area is 233 Å². The smallest absolute Gasteiger partial charge is 0.239 e. The molecule has 1 aromatic heterocycles. The van der Waals surface area contributed by atoms with E-state index in [1.54, 1.807) is 24.9 Å². The normalized spacial score (nSPS) is 20.6. The first-order valence-electron chi connectivity index (χ1n) is 13.5. The molecule has 3 aromatic rings. The van der Waals surface area contributed by atoms with Crippen molar-refractivity contribution in [2.75, 3.05) is 26.7 Å². The minimum absolute atomic E-state index is 0.0848. The van der Waals surface area contributed by atoms with Crippen molar-refractivity contribution in [3.63, 3.8) is 0 Å². The molecule has 0 saturated carbocycles. The number of ether oxygens (including phenoxy) is 2. The van der Waals surface area contributed by atoms with Crippen molar-refractivity contribution >= 4 is 17.7 Å². The Morgan fingerprint density at radius 1 is 1.05 bits per heavy atom. The number of nitrogens with zero attached hydrogens (tertiary/aromatic N) is 3. The standard InChI is InChI=1S/C30H34N4O6/c1-20-13-25(40-32-20)16-30(37)34-12-11-27-26(17-34)31-28(35)18-33(2)29(36)10-9-21-5-3-7-23(14-21)39-24-8-4-6-22(15-24)19-38-27/h3-8,13-15,26-27H,9-12,16-19H2,1-2H3,(H,31,35)/t26-,27+/m0/s1. The third-order valence-electron chi connectivity index (χ3n) is 7.18. The van der Waals surface area contributed by atoms with Gasteiger partial charge in [-0.25, -0.2) is 0 Å². The van der Waals surface area contributed by atoms with E-state index in [2.05, 4.69) is 10.5 Å². The average molecular weight is 547 g/mol. The second-order valence-corrected chi connectivity index (χ2v) is 10.4. The maximum atomic E-state index is 13.0. The van der Waals surface area contributed by atoms with Gasteiger partial charge in [0.25, 0.3) is 0 Å². The summed E-state index contributed by atoms with van der Waals surface area (Å²) < 4.78 is 17.6. The molecule has 40 heavy (non-hydrogen) atoms. The predicted molar refractivity (Wildman–Crippen MR) is 146 cm³/mol. The number of hydrogen-bond acceptors (Lipinski definition) is 7. The molecule has 1 saturated heterocycles. The summed E-state index contributed by atoms with van der Waals surface area (Å²) in [7, 11) is 1.62. The van der Waals surface area contributed by atoms with Gasteiger partial charge >= 0.3 is 0 Å². The van der Waals surface area contributed by atoms with E-state index in [-0.39, 0.29) is 49.8 Å². The van der Waals surface area contributed by atoms with E-state index in [4.69, 9.17) is 14.0 Å². The molecule has 1 N–H and O–H groups in total.